The van der Waals surface area contributed by atoms with Gasteiger partial charge in [-0.25, -0.2) is 4.79 Å². The van der Waals surface area contributed by atoms with Gasteiger partial charge < -0.3 is 34.6 Å². The van der Waals surface area contributed by atoms with Crippen LogP contribution in [-0.2, 0) is 25.4 Å². The Morgan fingerprint density at radius 1 is 0.978 bits per heavy atom. The van der Waals surface area contributed by atoms with Gasteiger partial charge in [-0.15, -0.1) is 0 Å². The van der Waals surface area contributed by atoms with Crippen LogP contribution < -0.4 is 5.32 Å². The fourth-order valence-corrected chi connectivity index (χ4v) is 7.43. The second-order valence-corrected chi connectivity index (χ2v) is 11.8. The number of nitrogens with zero attached hydrogens (tertiary/aromatic N) is 1. The Labute approximate surface area is 263 Å². The van der Waals surface area contributed by atoms with Gasteiger partial charge in [0.25, 0.3) is 0 Å². The Kier molecular flexibility index (Phi) is 7.75. The first kappa shape index (κ1) is 31.4. The van der Waals surface area contributed by atoms with Gasteiger partial charge in [-0.2, -0.15) is 0 Å². The van der Waals surface area contributed by atoms with E-state index in [1.807, 2.05) is 0 Å². The zero-order valence-corrected chi connectivity index (χ0v) is 25.7. The van der Waals surface area contributed by atoms with Crippen molar-refractivity contribution in [3.63, 3.8) is 0 Å². The average Bonchev–Trinajstić information content (AvgIpc) is 3.03. The number of aryl methyl sites for hydroxylation is 2. The molecule has 6 atom stereocenters. The van der Waals surface area contributed by atoms with Gasteiger partial charge in [0, 0.05) is 43.6 Å². The number of ether oxygens (including phenoxy) is 4. The number of carboxylic acids is 1. The molecule has 0 saturated carbocycles. The van der Waals surface area contributed by atoms with Crippen LogP contribution in [0.1, 0.15) is 87.7 Å². The highest BCUT2D eigenvalue weighted by Crippen LogP contribution is 2.52. The molecule has 2 aromatic carbocycles. The Morgan fingerprint density at radius 3 is 2.17 bits per heavy atom. The van der Waals surface area contributed by atoms with Crippen LogP contribution in [0.2, 0.25) is 0 Å². The van der Waals surface area contributed by atoms with Crippen LogP contribution in [0.25, 0.3) is 0 Å². The minimum Gasteiger partial charge on any atom is -0.478 e. The van der Waals surface area contributed by atoms with Crippen molar-refractivity contribution in [1.29, 1.82) is 0 Å². The molecule has 1 aliphatic heterocycles. The van der Waals surface area contributed by atoms with E-state index < -0.39 is 65.2 Å². The van der Waals surface area contributed by atoms with Gasteiger partial charge in [0.15, 0.2) is 29.4 Å². The Balaban J connectivity index is 1.58. The molecule has 13 nitrogen and oxygen atoms in total. The van der Waals surface area contributed by atoms with E-state index >= 15 is 0 Å². The molecule has 240 valence electrons. The van der Waals surface area contributed by atoms with E-state index in [1.54, 1.807) is 19.9 Å². The zero-order valence-electron chi connectivity index (χ0n) is 25.7. The summed E-state index contributed by atoms with van der Waals surface area (Å²) < 4.78 is 23.2. The number of oxime groups is 1. The van der Waals surface area contributed by atoms with Crippen molar-refractivity contribution in [2.24, 2.45) is 5.16 Å². The van der Waals surface area contributed by atoms with Gasteiger partial charge in [-0.1, -0.05) is 11.2 Å². The Hall–Kier alpha value is -4.56. The predicted molar refractivity (Wildman–Crippen MR) is 161 cm³/mol. The molecule has 1 heterocycles. The number of hydrogen-bond acceptors (Lipinski definition) is 12. The number of benzene rings is 2. The van der Waals surface area contributed by atoms with E-state index in [2.05, 4.69) is 10.5 Å². The number of rotatable bonds is 6. The molecule has 0 amide bonds. The lowest BCUT2D eigenvalue weighted by Crippen LogP contribution is -2.58. The number of carboxylic acid groups (broad SMARTS) is 1. The normalized spacial score (nSPS) is 29.2. The fraction of sp³-hybridized carbons (Fsp3) is 0.394. The van der Waals surface area contributed by atoms with Crippen molar-refractivity contribution in [3.05, 3.63) is 74.9 Å². The maximum absolute atomic E-state index is 14.6. The smallest absolute Gasteiger partial charge is 0.338 e. The summed E-state index contributed by atoms with van der Waals surface area (Å²) in [6.07, 6.45) is -1.04. The molecule has 4 aliphatic rings. The lowest BCUT2D eigenvalue weighted by atomic mass is 9.60. The number of fused-ring (bicyclic) bond motifs is 5. The van der Waals surface area contributed by atoms with E-state index in [9.17, 15) is 34.3 Å². The van der Waals surface area contributed by atoms with Crippen LogP contribution in [0.4, 0.5) is 5.69 Å². The summed E-state index contributed by atoms with van der Waals surface area (Å²) in [6, 6.07) is 4.22. The van der Waals surface area contributed by atoms with E-state index in [1.165, 1.54) is 33.5 Å². The molecule has 6 unspecified atom stereocenters. The third kappa shape index (κ3) is 4.37. The molecular formula is C33H32N2O11. The second kappa shape index (κ2) is 11.4. The fourth-order valence-electron chi connectivity index (χ4n) is 7.43. The molecule has 0 bridgehead atoms. The van der Waals surface area contributed by atoms with Gasteiger partial charge in [-0.3, -0.25) is 19.2 Å². The lowest BCUT2D eigenvalue weighted by molar-refractivity contribution is -0.111. The standard InChI is InChI=1S/C33H32N2O11/c1-13-10-15-8-9-33(45-5)24(27(38)18-11-16-17(12-19(18)30(33)39)21(37)7-6-20(16)36)23(15)25(22(13)32(40)41)34-31-29(44-4)26(35-42)28(43-3)14(2)46-31/h6-7,10-12,14,24,28-29,31,34,42H,8-9H2,1-5H3,(H,40,41). The quantitative estimate of drug-likeness (QED) is 0.312. The third-order valence-electron chi connectivity index (χ3n) is 9.54. The summed E-state index contributed by atoms with van der Waals surface area (Å²) in [4.78, 5) is 67.2. The van der Waals surface area contributed by atoms with Crippen molar-refractivity contribution >= 4 is 40.5 Å². The number of Topliss-reactive ketones (excluding diaryl/α,β-unsaturated/α-hetero) is 2. The maximum atomic E-state index is 14.6. The summed E-state index contributed by atoms with van der Waals surface area (Å²) >= 11 is 0. The summed E-state index contributed by atoms with van der Waals surface area (Å²) in [5, 5.41) is 26.9. The van der Waals surface area contributed by atoms with Crippen molar-refractivity contribution in [2.45, 2.75) is 62.7 Å². The first-order valence-electron chi connectivity index (χ1n) is 14.6. The van der Waals surface area contributed by atoms with Crippen LogP contribution in [0.3, 0.4) is 0 Å². The maximum Gasteiger partial charge on any atom is 0.338 e. The second-order valence-electron chi connectivity index (χ2n) is 11.8. The van der Waals surface area contributed by atoms with Gasteiger partial charge >= 0.3 is 5.97 Å². The summed E-state index contributed by atoms with van der Waals surface area (Å²) in [5.74, 6) is -4.72. The highest BCUT2D eigenvalue weighted by Gasteiger charge is 2.58. The molecule has 1 saturated heterocycles. The average molecular weight is 633 g/mol. The number of carbonyl (C=O) groups excluding carboxylic acids is 4. The van der Waals surface area contributed by atoms with Crippen LogP contribution in [0.5, 0.6) is 0 Å². The van der Waals surface area contributed by atoms with Crippen molar-refractivity contribution in [1.82, 2.24) is 0 Å². The molecule has 0 radical (unpaired) electrons. The van der Waals surface area contributed by atoms with E-state index in [0.717, 1.165) is 12.2 Å². The first-order valence-corrected chi connectivity index (χ1v) is 14.6. The highest BCUT2D eigenvalue weighted by atomic mass is 16.6. The molecule has 0 spiro atoms. The molecule has 2 aromatic rings. The Bertz CT molecular complexity index is 1790. The Morgan fingerprint density at radius 2 is 1.61 bits per heavy atom. The number of anilines is 1. The molecule has 0 aromatic heterocycles. The van der Waals surface area contributed by atoms with Crippen LogP contribution >= 0.6 is 0 Å². The zero-order chi connectivity index (χ0) is 33.2. The van der Waals surface area contributed by atoms with E-state index in [-0.39, 0.29) is 57.6 Å². The van der Waals surface area contributed by atoms with Gasteiger partial charge in [-0.05, 0) is 67.7 Å². The number of ketones is 4. The summed E-state index contributed by atoms with van der Waals surface area (Å²) in [6.45, 7) is 3.31. The minimum atomic E-state index is -1.75. The van der Waals surface area contributed by atoms with Crippen molar-refractivity contribution in [3.8, 4) is 0 Å². The third-order valence-corrected chi connectivity index (χ3v) is 9.54. The van der Waals surface area contributed by atoms with E-state index in [0.29, 0.717) is 11.1 Å². The number of nitrogens with one attached hydrogen (secondary N) is 1. The topological polar surface area (TPSA) is 187 Å². The van der Waals surface area contributed by atoms with Crippen LogP contribution in [0.15, 0.2) is 35.5 Å². The largest absolute Gasteiger partial charge is 0.478 e. The molecule has 46 heavy (non-hydrogen) atoms. The number of aromatic carboxylic acids is 1. The predicted octanol–water partition coefficient (Wildman–Crippen LogP) is 3.14. The van der Waals surface area contributed by atoms with Gasteiger partial charge in [0.2, 0.25) is 0 Å². The molecule has 3 aliphatic carbocycles. The van der Waals surface area contributed by atoms with Crippen molar-refractivity contribution in [2.75, 3.05) is 26.6 Å². The molecule has 6 rings (SSSR count). The van der Waals surface area contributed by atoms with Crippen LogP contribution in [-0.4, -0.2) is 96.6 Å². The number of methoxy groups -OCH3 is 3. The van der Waals surface area contributed by atoms with E-state index in [4.69, 9.17) is 18.9 Å². The lowest BCUT2D eigenvalue weighted by Gasteiger charge is -2.47. The molecule has 1 fully saturated rings. The van der Waals surface area contributed by atoms with Crippen LogP contribution in [0, 0.1) is 6.92 Å². The number of hydrogen-bond donors (Lipinski definition) is 3. The highest BCUT2D eigenvalue weighted by molar-refractivity contribution is 6.27. The molecular weight excluding hydrogens is 600 g/mol. The monoisotopic (exact) mass is 632 g/mol. The number of carbonyl (C=O) groups is 5. The summed E-state index contributed by atoms with van der Waals surface area (Å²) in [5.41, 5.74) is -0.667. The molecule has 3 N–H and O–H groups in total. The van der Waals surface area contributed by atoms with Gasteiger partial charge in [0.1, 0.15) is 23.5 Å². The SMILES string of the molecule is COC1C(=NO)C(OC)C(Nc2c(C(=O)O)c(C)cc3c2C2C(=O)c4cc5c(cc4C(=O)C2(OC)CC3)C(=O)C=CC5=O)OC1C. The van der Waals surface area contributed by atoms with Crippen molar-refractivity contribution < 1.29 is 53.2 Å². The number of allylic oxidation sites excluding steroid dienone is 2. The van der Waals surface area contributed by atoms with Gasteiger partial charge in [0.05, 0.1) is 23.3 Å². The molecule has 13 heteroatoms. The summed E-state index contributed by atoms with van der Waals surface area (Å²) in [7, 11) is 4.09. The minimum absolute atomic E-state index is 0.00197. The first-order chi connectivity index (χ1) is 21.9.